The van der Waals surface area contributed by atoms with E-state index in [-0.39, 0.29) is 12.0 Å². The number of esters is 1. The fourth-order valence-electron chi connectivity index (χ4n) is 3.12. The van der Waals surface area contributed by atoms with Crippen LogP contribution in [0.15, 0.2) is 18.2 Å². The second-order valence-electron chi connectivity index (χ2n) is 6.69. The van der Waals surface area contributed by atoms with Gasteiger partial charge in [0.25, 0.3) is 0 Å². The Morgan fingerprint density at radius 1 is 1.30 bits per heavy atom. The van der Waals surface area contributed by atoms with Crippen molar-refractivity contribution in [2.75, 3.05) is 45.3 Å². The van der Waals surface area contributed by atoms with Crippen molar-refractivity contribution in [3.63, 3.8) is 0 Å². The molecule has 0 aromatic carbocycles. The quantitative estimate of drug-likeness (QED) is 0.712. The van der Waals surface area contributed by atoms with Crippen LogP contribution < -0.4 is 5.32 Å². The number of pyridine rings is 1. The molecule has 1 unspecified atom stereocenters. The summed E-state index contributed by atoms with van der Waals surface area (Å²) in [5.41, 5.74) is 2.07. The Hall–Kier alpha value is -1.80. The Morgan fingerprint density at radius 3 is 2.81 bits per heavy atom. The summed E-state index contributed by atoms with van der Waals surface area (Å²) in [5.74, 6) is 0.400. The Balaban J connectivity index is 1.88. The highest BCUT2D eigenvalue weighted by Crippen LogP contribution is 2.10. The van der Waals surface area contributed by atoms with Crippen molar-refractivity contribution in [2.45, 2.75) is 32.4 Å². The fraction of sp³-hybridized carbons (Fsp3) is 0.632. The van der Waals surface area contributed by atoms with E-state index in [1.54, 1.807) is 16.7 Å². The van der Waals surface area contributed by atoms with Crippen LogP contribution in [-0.4, -0.2) is 78.1 Å². The Kier molecular flexibility index (Phi) is 8.87. The molecule has 2 heterocycles. The van der Waals surface area contributed by atoms with E-state index in [1.807, 2.05) is 31.4 Å². The van der Waals surface area contributed by atoms with Gasteiger partial charge in [-0.15, -0.1) is 0 Å². The lowest BCUT2D eigenvalue weighted by Crippen LogP contribution is -2.49. The smallest absolute Gasteiger partial charge is 0.328 e. The van der Waals surface area contributed by atoms with Crippen molar-refractivity contribution in [3.8, 4) is 0 Å². The highest BCUT2D eigenvalue weighted by Gasteiger charge is 2.25. The predicted molar refractivity (Wildman–Crippen MR) is 108 cm³/mol. The molecule has 0 spiro atoms. The summed E-state index contributed by atoms with van der Waals surface area (Å²) in [6, 6.07) is 5.27. The number of hydrogen-bond donors (Lipinski definition) is 1. The van der Waals surface area contributed by atoms with Gasteiger partial charge in [-0.25, -0.2) is 9.59 Å². The zero-order valence-electron chi connectivity index (χ0n) is 16.4. The second kappa shape index (κ2) is 11.1. The topological polar surface area (TPSA) is 74.8 Å². The number of nitrogens with zero attached hydrogens (tertiary/aromatic N) is 3. The van der Waals surface area contributed by atoms with Gasteiger partial charge in [-0.3, -0.25) is 9.88 Å². The number of carbonyl (C=O) groups is 2. The first-order valence-electron chi connectivity index (χ1n) is 9.30. The van der Waals surface area contributed by atoms with Gasteiger partial charge < -0.3 is 15.0 Å². The number of amides is 2. The largest absolute Gasteiger partial charge is 0.467 e. The van der Waals surface area contributed by atoms with Crippen molar-refractivity contribution in [3.05, 3.63) is 29.6 Å². The standard InChI is InChI=1S/C19H30N4O3S/c1-15-6-4-7-16(20-15)14-22-9-5-10-23(12-11-22)19(25)21-17(8-13-27-3)18(24)26-2/h4,6-7,17H,5,8-14H2,1-3H3,(H,21,25). The SMILES string of the molecule is COC(=O)C(CCSC)NC(=O)N1CCCN(Cc2cccc(C)n2)CC1. The van der Waals surface area contributed by atoms with Crippen molar-refractivity contribution < 1.29 is 14.3 Å². The van der Waals surface area contributed by atoms with Gasteiger partial charge in [-0.05, 0) is 43.9 Å². The maximum atomic E-state index is 12.6. The van der Waals surface area contributed by atoms with Gasteiger partial charge >= 0.3 is 12.0 Å². The summed E-state index contributed by atoms with van der Waals surface area (Å²) in [5, 5.41) is 2.84. The highest BCUT2D eigenvalue weighted by atomic mass is 32.2. The molecule has 1 atom stereocenters. The van der Waals surface area contributed by atoms with E-state index in [1.165, 1.54) is 7.11 Å². The van der Waals surface area contributed by atoms with Crippen LogP contribution in [0.5, 0.6) is 0 Å². The van der Waals surface area contributed by atoms with E-state index in [2.05, 4.69) is 15.2 Å². The molecule has 8 heteroatoms. The summed E-state index contributed by atoms with van der Waals surface area (Å²) < 4.78 is 4.82. The summed E-state index contributed by atoms with van der Waals surface area (Å²) in [4.78, 5) is 33.2. The molecular weight excluding hydrogens is 364 g/mol. The van der Waals surface area contributed by atoms with Gasteiger partial charge in [0, 0.05) is 38.4 Å². The van der Waals surface area contributed by atoms with Crippen LogP contribution in [0.1, 0.15) is 24.2 Å². The Labute approximate surface area is 165 Å². The third kappa shape index (κ3) is 7.03. The number of ether oxygens (including phenoxy) is 1. The molecule has 1 aromatic rings. The number of thioether (sulfide) groups is 1. The van der Waals surface area contributed by atoms with E-state index in [0.29, 0.717) is 19.5 Å². The third-order valence-electron chi connectivity index (χ3n) is 4.60. The highest BCUT2D eigenvalue weighted by molar-refractivity contribution is 7.98. The van der Waals surface area contributed by atoms with Gasteiger partial charge in [-0.2, -0.15) is 11.8 Å². The van der Waals surface area contributed by atoms with Gasteiger partial charge in [0.05, 0.1) is 12.8 Å². The van der Waals surface area contributed by atoms with Crippen molar-refractivity contribution in [1.82, 2.24) is 20.1 Å². The van der Waals surface area contributed by atoms with E-state index >= 15 is 0 Å². The predicted octanol–water partition coefficient (Wildman–Crippen LogP) is 1.90. The van der Waals surface area contributed by atoms with Crippen LogP contribution in [0.3, 0.4) is 0 Å². The molecule has 1 fully saturated rings. The fourth-order valence-corrected chi connectivity index (χ4v) is 3.59. The van der Waals surface area contributed by atoms with Crippen molar-refractivity contribution in [1.29, 1.82) is 0 Å². The summed E-state index contributed by atoms with van der Waals surface area (Å²) in [6.45, 7) is 5.81. The first kappa shape index (κ1) is 21.5. The number of hydrogen-bond acceptors (Lipinski definition) is 6. The summed E-state index contributed by atoms with van der Waals surface area (Å²) in [7, 11) is 1.35. The molecule has 1 aliphatic heterocycles. The molecule has 1 aromatic heterocycles. The average Bonchev–Trinajstić information content (AvgIpc) is 2.90. The first-order chi connectivity index (χ1) is 13.0. The number of methoxy groups -OCH3 is 1. The number of nitrogens with one attached hydrogen (secondary N) is 1. The maximum Gasteiger partial charge on any atom is 0.328 e. The van der Waals surface area contributed by atoms with E-state index in [4.69, 9.17) is 4.74 Å². The van der Waals surface area contributed by atoms with Gasteiger partial charge in [0.2, 0.25) is 0 Å². The molecule has 27 heavy (non-hydrogen) atoms. The minimum atomic E-state index is -0.592. The summed E-state index contributed by atoms with van der Waals surface area (Å²) >= 11 is 1.64. The summed E-state index contributed by atoms with van der Waals surface area (Å²) in [6.07, 6.45) is 3.44. The lowest BCUT2D eigenvalue weighted by Gasteiger charge is -2.24. The first-order valence-corrected chi connectivity index (χ1v) is 10.7. The van der Waals surface area contributed by atoms with Crippen LogP contribution in [0, 0.1) is 6.92 Å². The number of aromatic nitrogens is 1. The number of carbonyl (C=O) groups excluding carboxylic acids is 2. The molecule has 0 aliphatic carbocycles. The van der Waals surface area contributed by atoms with E-state index in [0.717, 1.165) is 43.2 Å². The molecule has 1 N–H and O–H groups in total. The lowest BCUT2D eigenvalue weighted by molar-refractivity contribution is -0.142. The molecule has 2 rings (SSSR count). The van der Waals surface area contributed by atoms with E-state index < -0.39 is 6.04 Å². The zero-order valence-corrected chi connectivity index (χ0v) is 17.3. The van der Waals surface area contributed by atoms with Crippen LogP contribution >= 0.6 is 11.8 Å². The molecular formula is C19H30N4O3S. The average molecular weight is 395 g/mol. The molecule has 2 amide bonds. The second-order valence-corrected chi connectivity index (χ2v) is 7.68. The number of urea groups is 1. The Morgan fingerprint density at radius 2 is 2.11 bits per heavy atom. The van der Waals surface area contributed by atoms with E-state index in [9.17, 15) is 9.59 Å². The molecule has 0 radical (unpaired) electrons. The lowest BCUT2D eigenvalue weighted by atomic mass is 10.2. The molecule has 150 valence electrons. The van der Waals surface area contributed by atoms with Crippen LogP contribution in [0.25, 0.3) is 0 Å². The maximum absolute atomic E-state index is 12.6. The van der Waals surface area contributed by atoms with Crippen LogP contribution in [0.2, 0.25) is 0 Å². The van der Waals surface area contributed by atoms with Gasteiger partial charge in [0.15, 0.2) is 0 Å². The van der Waals surface area contributed by atoms with Crippen molar-refractivity contribution in [2.24, 2.45) is 0 Å². The monoisotopic (exact) mass is 394 g/mol. The van der Waals surface area contributed by atoms with Crippen LogP contribution in [0.4, 0.5) is 4.79 Å². The van der Waals surface area contributed by atoms with Gasteiger partial charge in [0.1, 0.15) is 6.04 Å². The molecule has 0 bridgehead atoms. The minimum absolute atomic E-state index is 0.193. The molecule has 7 nitrogen and oxygen atoms in total. The molecule has 1 saturated heterocycles. The van der Waals surface area contributed by atoms with Gasteiger partial charge in [-0.1, -0.05) is 6.07 Å². The minimum Gasteiger partial charge on any atom is -0.467 e. The zero-order chi connectivity index (χ0) is 19.6. The third-order valence-corrected chi connectivity index (χ3v) is 5.25. The number of rotatable bonds is 7. The van der Waals surface area contributed by atoms with Crippen LogP contribution in [-0.2, 0) is 16.1 Å². The molecule has 1 aliphatic rings. The Bertz CT molecular complexity index is 629. The normalized spacial score (nSPS) is 16.5. The number of aryl methyl sites for hydroxylation is 1. The van der Waals surface area contributed by atoms with Crippen molar-refractivity contribution >= 4 is 23.8 Å². The molecule has 0 saturated carbocycles.